The third-order valence-electron chi connectivity index (χ3n) is 3.23. The summed E-state index contributed by atoms with van der Waals surface area (Å²) in [5, 5.41) is 3.36. The summed E-state index contributed by atoms with van der Waals surface area (Å²) in [6.45, 7) is 2.23. The molecule has 3 aromatic rings. The molecule has 0 atom stereocenters. The maximum absolute atomic E-state index is 12.3. The quantitative estimate of drug-likeness (QED) is 0.778. The maximum atomic E-state index is 12.3. The Bertz CT molecular complexity index is 852. The molecular weight excluding hydrogens is 286 g/mol. The smallest absolute Gasteiger partial charge is 0.261 e. The van der Waals surface area contributed by atoms with Crippen LogP contribution in [0.25, 0.3) is 10.2 Å². The number of nitrogens with zero attached hydrogens (tertiary/aromatic N) is 1. The third kappa shape index (κ3) is 2.57. The Balaban J connectivity index is 1.87. The van der Waals surface area contributed by atoms with Crippen LogP contribution in [0.15, 0.2) is 41.5 Å². The summed E-state index contributed by atoms with van der Waals surface area (Å²) in [5.41, 5.74) is 1.49. The van der Waals surface area contributed by atoms with Crippen molar-refractivity contribution in [2.45, 2.75) is 13.5 Å². The molecule has 1 aromatic carbocycles. The molecular formula is C15H13N3O2S. The number of thiophene rings is 1. The van der Waals surface area contributed by atoms with Gasteiger partial charge in [0.15, 0.2) is 0 Å². The molecule has 2 aromatic heterocycles. The van der Waals surface area contributed by atoms with Gasteiger partial charge in [-0.2, -0.15) is 0 Å². The highest BCUT2D eigenvalue weighted by Crippen LogP contribution is 2.26. The van der Waals surface area contributed by atoms with Crippen LogP contribution in [0.5, 0.6) is 0 Å². The number of fused-ring (bicyclic) bond motifs is 1. The van der Waals surface area contributed by atoms with Gasteiger partial charge in [-0.15, -0.1) is 11.3 Å². The predicted octanol–water partition coefficient (Wildman–Crippen LogP) is 2.22. The molecule has 0 fully saturated rings. The lowest BCUT2D eigenvalue weighted by Gasteiger charge is -2.04. The Morgan fingerprint density at radius 3 is 2.81 bits per heavy atom. The van der Waals surface area contributed by atoms with E-state index in [2.05, 4.69) is 15.3 Å². The fourth-order valence-corrected chi connectivity index (χ4v) is 3.22. The average Bonchev–Trinajstić information content (AvgIpc) is 2.84. The SMILES string of the molecule is Cc1c(C(=O)NCc2ccccc2)sc2nc[nH]c(=O)c12. The van der Waals surface area contributed by atoms with Crippen LogP contribution in [0.2, 0.25) is 0 Å². The summed E-state index contributed by atoms with van der Waals surface area (Å²) >= 11 is 1.24. The Kier molecular flexibility index (Phi) is 3.53. The molecule has 5 nitrogen and oxygen atoms in total. The molecule has 1 amide bonds. The van der Waals surface area contributed by atoms with Crippen molar-refractivity contribution in [3.8, 4) is 0 Å². The first-order chi connectivity index (χ1) is 10.2. The predicted molar refractivity (Wildman–Crippen MR) is 82.6 cm³/mol. The zero-order valence-corrected chi connectivity index (χ0v) is 12.2. The number of aryl methyl sites for hydroxylation is 1. The maximum Gasteiger partial charge on any atom is 0.261 e. The minimum atomic E-state index is -0.212. The second-order valence-corrected chi connectivity index (χ2v) is 5.64. The van der Waals surface area contributed by atoms with E-state index in [9.17, 15) is 9.59 Å². The molecule has 2 N–H and O–H groups in total. The van der Waals surface area contributed by atoms with Gasteiger partial charge in [-0.3, -0.25) is 9.59 Å². The molecule has 106 valence electrons. The van der Waals surface area contributed by atoms with E-state index in [4.69, 9.17) is 0 Å². The molecule has 2 heterocycles. The first-order valence-electron chi connectivity index (χ1n) is 6.45. The normalized spacial score (nSPS) is 10.7. The van der Waals surface area contributed by atoms with Gasteiger partial charge >= 0.3 is 0 Å². The van der Waals surface area contributed by atoms with Crippen molar-refractivity contribution >= 4 is 27.5 Å². The molecule has 0 spiro atoms. The Labute approximate surface area is 124 Å². The van der Waals surface area contributed by atoms with Gasteiger partial charge in [-0.05, 0) is 18.1 Å². The Morgan fingerprint density at radius 1 is 1.33 bits per heavy atom. The Morgan fingerprint density at radius 2 is 2.10 bits per heavy atom. The molecule has 0 radical (unpaired) electrons. The largest absolute Gasteiger partial charge is 0.347 e. The standard InChI is InChI=1S/C15H13N3O2S/c1-9-11-13(19)17-8-18-15(11)21-12(9)14(20)16-7-10-5-3-2-4-6-10/h2-6,8H,7H2,1H3,(H,16,20)(H,17,18,19). The van der Waals surface area contributed by atoms with Gasteiger partial charge in [-0.1, -0.05) is 30.3 Å². The van der Waals surface area contributed by atoms with Gasteiger partial charge in [0.2, 0.25) is 0 Å². The fraction of sp³-hybridized carbons (Fsp3) is 0.133. The number of H-pyrrole nitrogens is 1. The van der Waals surface area contributed by atoms with Crippen LogP contribution < -0.4 is 10.9 Å². The highest BCUT2D eigenvalue weighted by Gasteiger charge is 2.17. The van der Waals surface area contributed by atoms with Gasteiger partial charge in [0, 0.05) is 6.54 Å². The minimum Gasteiger partial charge on any atom is -0.347 e. The molecule has 0 saturated carbocycles. The molecule has 21 heavy (non-hydrogen) atoms. The summed E-state index contributed by atoms with van der Waals surface area (Å²) in [5.74, 6) is -0.182. The number of carbonyl (C=O) groups excluding carboxylic acids is 1. The fourth-order valence-electron chi connectivity index (χ4n) is 2.15. The lowest BCUT2D eigenvalue weighted by Crippen LogP contribution is -2.22. The van der Waals surface area contributed by atoms with Crippen LogP contribution in [0.4, 0.5) is 0 Å². The highest BCUT2D eigenvalue weighted by molar-refractivity contribution is 7.20. The molecule has 0 bridgehead atoms. The first-order valence-corrected chi connectivity index (χ1v) is 7.27. The summed E-state index contributed by atoms with van der Waals surface area (Å²) in [7, 11) is 0. The lowest BCUT2D eigenvalue weighted by molar-refractivity contribution is 0.0954. The number of amides is 1. The zero-order valence-electron chi connectivity index (χ0n) is 11.3. The molecule has 0 aliphatic heterocycles. The van der Waals surface area contributed by atoms with Crippen molar-refractivity contribution in [2.24, 2.45) is 0 Å². The number of aromatic nitrogens is 2. The van der Waals surface area contributed by atoms with E-state index in [0.717, 1.165) is 5.56 Å². The van der Waals surface area contributed by atoms with Crippen LogP contribution in [0.1, 0.15) is 20.8 Å². The van der Waals surface area contributed by atoms with Crippen LogP contribution >= 0.6 is 11.3 Å². The van der Waals surface area contributed by atoms with E-state index in [1.807, 2.05) is 30.3 Å². The van der Waals surface area contributed by atoms with Gasteiger partial charge < -0.3 is 10.3 Å². The number of rotatable bonds is 3. The molecule has 0 saturated heterocycles. The van der Waals surface area contributed by atoms with Crippen LogP contribution in [0.3, 0.4) is 0 Å². The summed E-state index contributed by atoms with van der Waals surface area (Å²) in [4.78, 5) is 31.8. The molecule has 3 rings (SSSR count). The van der Waals surface area contributed by atoms with E-state index in [1.165, 1.54) is 17.7 Å². The minimum absolute atomic E-state index is 0.182. The van der Waals surface area contributed by atoms with E-state index in [-0.39, 0.29) is 11.5 Å². The van der Waals surface area contributed by atoms with Crippen LogP contribution in [-0.4, -0.2) is 15.9 Å². The third-order valence-corrected chi connectivity index (χ3v) is 4.43. The van der Waals surface area contributed by atoms with Crippen molar-refractivity contribution in [3.05, 3.63) is 63.0 Å². The number of carbonyl (C=O) groups is 1. The van der Waals surface area contributed by atoms with E-state index in [0.29, 0.717) is 27.2 Å². The van der Waals surface area contributed by atoms with Gasteiger partial charge in [0.25, 0.3) is 11.5 Å². The van der Waals surface area contributed by atoms with E-state index in [1.54, 1.807) is 6.92 Å². The van der Waals surface area contributed by atoms with Crippen molar-refractivity contribution < 1.29 is 4.79 Å². The van der Waals surface area contributed by atoms with Crippen molar-refractivity contribution in [1.82, 2.24) is 15.3 Å². The second-order valence-electron chi connectivity index (χ2n) is 4.64. The van der Waals surface area contributed by atoms with E-state index >= 15 is 0 Å². The summed E-state index contributed by atoms with van der Waals surface area (Å²) in [6, 6.07) is 9.68. The topological polar surface area (TPSA) is 74.8 Å². The molecule has 0 unspecified atom stereocenters. The summed E-state index contributed by atoms with van der Waals surface area (Å²) in [6.07, 6.45) is 1.35. The number of hydrogen-bond acceptors (Lipinski definition) is 4. The average molecular weight is 299 g/mol. The lowest BCUT2D eigenvalue weighted by atomic mass is 10.2. The van der Waals surface area contributed by atoms with Gasteiger partial charge in [0.05, 0.1) is 16.6 Å². The van der Waals surface area contributed by atoms with E-state index < -0.39 is 0 Å². The van der Waals surface area contributed by atoms with Gasteiger partial charge in [-0.25, -0.2) is 4.98 Å². The van der Waals surface area contributed by atoms with Crippen LogP contribution in [-0.2, 0) is 6.54 Å². The summed E-state index contributed by atoms with van der Waals surface area (Å²) < 4.78 is 0. The van der Waals surface area contributed by atoms with Crippen molar-refractivity contribution in [2.75, 3.05) is 0 Å². The van der Waals surface area contributed by atoms with Crippen molar-refractivity contribution in [3.63, 3.8) is 0 Å². The monoisotopic (exact) mass is 299 g/mol. The second kappa shape index (κ2) is 5.49. The molecule has 0 aliphatic carbocycles. The number of hydrogen-bond donors (Lipinski definition) is 2. The van der Waals surface area contributed by atoms with Gasteiger partial charge in [0.1, 0.15) is 4.83 Å². The first kappa shape index (κ1) is 13.5. The number of aromatic amines is 1. The zero-order chi connectivity index (χ0) is 14.8. The number of nitrogens with one attached hydrogen (secondary N) is 2. The van der Waals surface area contributed by atoms with Crippen molar-refractivity contribution in [1.29, 1.82) is 0 Å². The highest BCUT2D eigenvalue weighted by atomic mass is 32.1. The Hall–Kier alpha value is -2.47. The molecule has 0 aliphatic rings. The molecule has 6 heteroatoms. The van der Waals surface area contributed by atoms with Crippen LogP contribution in [0, 0.1) is 6.92 Å². The number of benzene rings is 1.